The largest absolute Gasteiger partial charge is 0.313 e. The van der Waals surface area contributed by atoms with Crippen LogP contribution in [0.25, 0.3) is 0 Å². The Morgan fingerprint density at radius 3 is 2.62 bits per heavy atom. The molecule has 0 spiro atoms. The highest BCUT2D eigenvalue weighted by atomic mass is 79.9. The molecule has 0 radical (unpaired) electrons. The van der Waals surface area contributed by atoms with Gasteiger partial charge in [-0.05, 0) is 67.4 Å². The zero-order valence-electron chi connectivity index (χ0n) is 12.1. The minimum absolute atomic E-state index is 0.0760. The van der Waals surface area contributed by atoms with Crippen LogP contribution in [0.1, 0.15) is 26.7 Å². The third kappa shape index (κ3) is 4.07. The van der Waals surface area contributed by atoms with E-state index in [0.717, 1.165) is 23.9 Å². The fraction of sp³-hybridized carbons (Fsp3) is 0.571. The van der Waals surface area contributed by atoms with Crippen LogP contribution in [0.15, 0.2) is 32.0 Å². The first kappa shape index (κ1) is 17.4. The molecule has 1 saturated heterocycles. The number of sulfonamides is 1. The molecule has 1 atom stereocenters. The van der Waals surface area contributed by atoms with E-state index in [2.05, 4.69) is 37.2 Å². The second-order valence-electron chi connectivity index (χ2n) is 5.54. The zero-order valence-corrected chi connectivity index (χ0v) is 16.1. The maximum Gasteiger partial charge on any atom is 0.244 e. The molecule has 1 aliphatic heterocycles. The summed E-state index contributed by atoms with van der Waals surface area (Å²) >= 11 is 6.71. The maximum absolute atomic E-state index is 12.9. The molecule has 1 fully saturated rings. The highest BCUT2D eigenvalue weighted by Crippen LogP contribution is 2.29. The predicted octanol–water partition coefficient (Wildman–Crippen LogP) is 3.36. The van der Waals surface area contributed by atoms with Gasteiger partial charge in [0.1, 0.15) is 0 Å². The molecule has 7 heteroatoms. The maximum atomic E-state index is 12.9. The summed E-state index contributed by atoms with van der Waals surface area (Å²) in [6.45, 7) is 5.32. The lowest BCUT2D eigenvalue weighted by molar-refractivity contribution is 0.322. The number of rotatable bonds is 5. The Labute approximate surface area is 143 Å². The summed E-state index contributed by atoms with van der Waals surface area (Å²) in [6, 6.07) is 5.33. The second kappa shape index (κ2) is 7.08. The van der Waals surface area contributed by atoms with Crippen LogP contribution in [-0.2, 0) is 10.0 Å². The first-order chi connectivity index (χ1) is 9.82. The SMILES string of the molecule is CC(C)N(CC1CCCN1)S(=O)(=O)c1ccc(Br)cc1Br. The summed E-state index contributed by atoms with van der Waals surface area (Å²) < 4.78 is 28.9. The number of nitrogens with zero attached hydrogens (tertiary/aromatic N) is 1. The minimum Gasteiger partial charge on any atom is -0.313 e. The average molecular weight is 440 g/mol. The third-order valence-corrected chi connectivity index (χ3v) is 7.13. The highest BCUT2D eigenvalue weighted by molar-refractivity contribution is 9.11. The molecule has 1 N–H and O–H groups in total. The number of nitrogens with one attached hydrogen (secondary N) is 1. The quantitative estimate of drug-likeness (QED) is 0.765. The van der Waals surface area contributed by atoms with Crippen LogP contribution >= 0.6 is 31.9 Å². The molecule has 1 aromatic carbocycles. The number of hydrogen-bond acceptors (Lipinski definition) is 3. The van der Waals surface area contributed by atoms with Gasteiger partial charge >= 0.3 is 0 Å². The van der Waals surface area contributed by atoms with Crippen LogP contribution in [-0.4, -0.2) is 37.9 Å². The van der Waals surface area contributed by atoms with Crippen molar-refractivity contribution in [2.75, 3.05) is 13.1 Å². The van der Waals surface area contributed by atoms with Gasteiger partial charge in [0, 0.05) is 27.6 Å². The Morgan fingerprint density at radius 2 is 2.10 bits per heavy atom. The Balaban J connectivity index is 2.32. The van der Waals surface area contributed by atoms with E-state index in [-0.39, 0.29) is 12.1 Å². The van der Waals surface area contributed by atoms with Gasteiger partial charge in [-0.15, -0.1) is 0 Å². The molecule has 2 rings (SSSR count). The summed E-state index contributed by atoms with van der Waals surface area (Å²) in [7, 11) is -3.51. The molecular weight excluding hydrogens is 420 g/mol. The van der Waals surface area contributed by atoms with Crippen LogP contribution in [0, 0.1) is 0 Å². The van der Waals surface area contributed by atoms with E-state index in [4.69, 9.17) is 0 Å². The van der Waals surface area contributed by atoms with Crippen LogP contribution < -0.4 is 5.32 Å². The van der Waals surface area contributed by atoms with E-state index < -0.39 is 10.0 Å². The second-order valence-corrected chi connectivity index (χ2v) is 9.17. The number of hydrogen-bond donors (Lipinski definition) is 1. The molecule has 118 valence electrons. The lowest BCUT2D eigenvalue weighted by Gasteiger charge is -2.29. The van der Waals surface area contributed by atoms with Gasteiger partial charge in [-0.25, -0.2) is 8.42 Å². The van der Waals surface area contributed by atoms with Gasteiger partial charge in [-0.1, -0.05) is 15.9 Å². The van der Waals surface area contributed by atoms with E-state index >= 15 is 0 Å². The Bertz CT molecular complexity index is 599. The average Bonchev–Trinajstić information content (AvgIpc) is 2.87. The van der Waals surface area contributed by atoms with E-state index in [1.54, 1.807) is 22.5 Å². The summed E-state index contributed by atoms with van der Waals surface area (Å²) in [5, 5.41) is 3.36. The first-order valence-corrected chi connectivity index (χ1v) is 10.0. The molecule has 0 aliphatic carbocycles. The molecule has 0 bridgehead atoms. The normalized spacial score (nSPS) is 19.6. The Morgan fingerprint density at radius 1 is 1.38 bits per heavy atom. The van der Waals surface area contributed by atoms with Crippen molar-refractivity contribution in [1.29, 1.82) is 0 Å². The summed E-state index contributed by atoms with van der Waals surface area (Å²) in [6.07, 6.45) is 2.14. The monoisotopic (exact) mass is 438 g/mol. The smallest absolute Gasteiger partial charge is 0.244 e. The summed E-state index contributed by atoms with van der Waals surface area (Å²) in [4.78, 5) is 0.317. The standard InChI is InChI=1S/C14H20Br2N2O2S/c1-10(2)18(9-12-4-3-7-17-12)21(19,20)14-6-5-11(15)8-13(14)16/h5-6,8,10,12,17H,3-4,7,9H2,1-2H3. The summed E-state index contributed by atoms with van der Waals surface area (Å²) in [5.41, 5.74) is 0. The van der Waals surface area contributed by atoms with E-state index in [1.807, 2.05) is 13.8 Å². The molecule has 1 aliphatic rings. The fourth-order valence-corrected chi connectivity index (χ4v) is 5.92. The van der Waals surface area contributed by atoms with E-state index in [9.17, 15) is 8.42 Å². The topological polar surface area (TPSA) is 49.4 Å². The van der Waals surface area contributed by atoms with Crippen molar-refractivity contribution in [3.05, 3.63) is 27.1 Å². The Hall–Kier alpha value is 0.0500. The lowest BCUT2D eigenvalue weighted by atomic mass is 10.2. The molecule has 0 saturated carbocycles. The van der Waals surface area contributed by atoms with Gasteiger partial charge in [-0.2, -0.15) is 4.31 Å². The van der Waals surface area contributed by atoms with Crippen molar-refractivity contribution in [3.63, 3.8) is 0 Å². The lowest BCUT2D eigenvalue weighted by Crippen LogP contribution is -2.44. The van der Waals surface area contributed by atoms with Gasteiger partial charge in [0.2, 0.25) is 10.0 Å². The van der Waals surface area contributed by atoms with Gasteiger partial charge in [0.25, 0.3) is 0 Å². The number of benzene rings is 1. The molecule has 4 nitrogen and oxygen atoms in total. The van der Waals surface area contributed by atoms with Crippen molar-refractivity contribution in [3.8, 4) is 0 Å². The van der Waals surface area contributed by atoms with Crippen molar-refractivity contribution in [2.24, 2.45) is 0 Å². The van der Waals surface area contributed by atoms with Crippen LogP contribution in [0.5, 0.6) is 0 Å². The third-order valence-electron chi connectivity index (χ3n) is 3.62. The minimum atomic E-state index is -3.51. The Kier molecular flexibility index (Phi) is 5.87. The van der Waals surface area contributed by atoms with Crippen molar-refractivity contribution < 1.29 is 8.42 Å². The molecular formula is C14H20Br2N2O2S. The van der Waals surface area contributed by atoms with Gasteiger partial charge in [0.15, 0.2) is 0 Å². The van der Waals surface area contributed by atoms with Gasteiger partial charge in [0.05, 0.1) is 4.90 Å². The van der Waals surface area contributed by atoms with Crippen molar-refractivity contribution in [1.82, 2.24) is 9.62 Å². The van der Waals surface area contributed by atoms with Crippen molar-refractivity contribution in [2.45, 2.75) is 43.7 Å². The van der Waals surface area contributed by atoms with Gasteiger partial charge < -0.3 is 5.32 Å². The van der Waals surface area contributed by atoms with Crippen LogP contribution in [0.2, 0.25) is 0 Å². The zero-order chi connectivity index (χ0) is 15.6. The molecule has 1 heterocycles. The van der Waals surface area contributed by atoms with Gasteiger partial charge in [-0.3, -0.25) is 0 Å². The molecule has 0 amide bonds. The highest BCUT2D eigenvalue weighted by Gasteiger charge is 2.31. The molecule has 1 aromatic rings. The molecule has 0 aromatic heterocycles. The fourth-order valence-electron chi connectivity index (χ4n) is 2.53. The number of halogens is 2. The van der Waals surface area contributed by atoms with Crippen LogP contribution in [0.3, 0.4) is 0 Å². The van der Waals surface area contributed by atoms with Crippen molar-refractivity contribution >= 4 is 41.9 Å². The first-order valence-electron chi connectivity index (χ1n) is 7.02. The summed E-state index contributed by atoms with van der Waals surface area (Å²) in [5.74, 6) is 0. The van der Waals surface area contributed by atoms with E-state index in [1.165, 1.54) is 0 Å². The predicted molar refractivity (Wildman–Crippen MR) is 91.9 cm³/mol. The van der Waals surface area contributed by atoms with E-state index in [0.29, 0.717) is 15.9 Å². The molecule has 21 heavy (non-hydrogen) atoms. The van der Waals surface area contributed by atoms with Crippen LogP contribution in [0.4, 0.5) is 0 Å². The molecule has 1 unspecified atom stereocenters.